The van der Waals surface area contributed by atoms with Crippen LogP contribution in [0.3, 0.4) is 0 Å². The topological polar surface area (TPSA) is 29.1 Å². The third kappa shape index (κ3) is 4.20. The number of carbonyl (C=O) groups excluding carboxylic acids is 1. The van der Waals surface area contributed by atoms with Crippen LogP contribution < -0.4 is 5.32 Å². The molecule has 1 aromatic rings. The van der Waals surface area contributed by atoms with Gasteiger partial charge < -0.3 is 5.32 Å². The normalized spacial score (nSPS) is 23.1. The van der Waals surface area contributed by atoms with Gasteiger partial charge in [0.25, 0.3) is 5.91 Å². The van der Waals surface area contributed by atoms with Gasteiger partial charge in [0.1, 0.15) is 0 Å². The lowest BCUT2D eigenvalue weighted by atomic mass is 9.89. The Bertz CT molecular complexity index is 467. The highest BCUT2D eigenvalue weighted by atomic mass is 79.9. The van der Waals surface area contributed by atoms with Crippen molar-refractivity contribution in [3.05, 3.63) is 33.3 Å². The van der Waals surface area contributed by atoms with E-state index in [0.717, 1.165) is 4.47 Å². The number of amides is 1. The van der Waals surface area contributed by atoms with Crippen LogP contribution in [0.5, 0.6) is 0 Å². The van der Waals surface area contributed by atoms with Gasteiger partial charge in [0.2, 0.25) is 0 Å². The SMILES string of the molecule is O=C(NCC1CCCCC1Br)c1cc(Br)ccc1Cl. The Morgan fingerprint density at radius 2 is 2.11 bits per heavy atom. The molecule has 2 unspecified atom stereocenters. The van der Waals surface area contributed by atoms with Crippen LogP contribution in [0.15, 0.2) is 22.7 Å². The molecule has 0 spiro atoms. The molecule has 0 bridgehead atoms. The van der Waals surface area contributed by atoms with Gasteiger partial charge in [-0.2, -0.15) is 0 Å². The molecule has 0 heterocycles. The second kappa shape index (κ2) is 7.09. The van der Waals surface area contributed by atoms with Crippen molar-refractivity contribution in [1.29, 1.82) is 0 Å². The van der Waals surface area contributed by atoms with Crippen molar-refractivity contribution in [2.75, 3.05) is 6.54 Å². The third-order valence-corrected chi connectivity index (χ3v) is 5.54. The van der Waals surface area contributed by atoms with Gasteiger partial charge in [0.15, 0.2) is 0 Å². The molecule has 1 saturated carbocycles. The molecule has 19 heavy (non-hydrogen) atoms. The van der Waals surface area contributed by atoms with E-state index in [4.69, 9.17) is 11.6 Å². The first-order valence-electron chi connectivity index (χ1n) is 6.45. The van der Waals surface area contributed by atoms with E-state index in [2.05, 4.69) is 37.2 Å². The van der Waals surface area contributed by atoms with Crippen molar-refractivity contribution in [2.45, 2.75) is 30.5 Å². The molecule has 0 aromatic heterocycles. The quantitative estimate of drug-likeness (QED) is 0.715. The molecule has 2 rings (SSSR count). The number of nitrogens with one attached hydrogen (secondary N) is 1. The molecule has 1 amide bonds. The van der Waals surface area contributed by atoms with E-state index in [1.54, 1.807) is 12.1 Å². The third-order valence-electron chi connectivity index (χ3n) is 3.51. The van der Waals surface area contributed by atoms with E-state index in [1.807, 2.05) is 6.07 Å². The number of hydrogen-bond acceptors (Lipinski definition) is 1. The van der Waals surface area contributed by atoms with Gasteiger partial charge in [-0.15, -0.1) is 0 Å². The van der Waals surface area contributed by atoms with E-state index in [9.17, 15) is 4.79 Å². The molecular weight excluding hydrogens is 393 g/mol. The molecule has 1 N–H and O–H groups in total. The predicted octanol–water partition coefficient (Wildman–Crippen LogP) is 4.79. The van der Waals surface area contributed by atoms with E-state index < -0.39 is 0 Å². The van der Waals surface area contributed by atoms with Gasteiger partial charge in [-0.1, -0.05) is 56.3 Å². The molecular formula is C14H16Br2ClNO. The highest BCUT2D eigenvalue weighted by molar-refractivity contribution is 9.10. The number of hydrogen-bond donors (Lipinski definition) is 1. The summed E-state index contributed by atoms with van der Waals surface area (Å²) in [4.78, 5) is 12.6. The molecule has 1 aliphatic rings. The Hall–Kier alpha value is -0.0600. The molecule has 5 heteroatoms. The van der Waals surface area contributed by atoms with Crippen molar-refractivity contribution in [1.82, 2.24) is 5.32 Å². The number of carbonyl (C=O) groups is 1. The average Bonchev–Trinajstić information content (AvgIpc) is 2.40. The van der Waals surface area contributed by atoms with Crippen molar-refractivity contribution in [2.24, 2.45) is 5.92 Å². The maximum Gasteiger partial charge on any atom is 0.252 e. The molecule has 0 radical (unpaired) electrons. The summed E-state index contributed by atoms with van der Waals surface area (Å²) in [5.74, 6) is 0.417. The minimum absolute atomic E-state index is 0.100. The summed E-state index contributed by atoms with van der Waals surface area (Å²) in [7, 11) is 0. The predicted molar refractivity (Wildman–Crippen MR) is 86.2 cm³/mol. The summed E-state index contributed by atoms with van der Waals surface area (Å²) in [6.45, 7) is 0.706. The second-order valence-electron chi connectivity index (χ2n) is 4.89. The fourth-order valence-electron chi connectivity index (χ4n) is 2.38. The van der Waals surface area contributed by atoms with E-state index >= 15 is 0 Å². The van der Waals surface area contributed by atoms with Gasteiger partial charge >= 0.3 is 0 Å². The number of rotatable bonds is 3. The average molecular weight is 410 g/mol. The molecule has 1 aromatic carbocycles. The molecule has 0 aliphatic heterocycles. The van der Waals surface area contributed by atoms with Crippen LogP contribution in [0.1, 0.15) is 36.0 Å². The van der Waals surface area contributed by atoms with E-state index in [0.29, 0.717) is 27.9 Å². The maximum absolute atomic E-state index is 12.1. The summed E-state index contributed by atoms with van der Waals surface area (Å²) in [5.41, 5.74) is 0.526. The largest absolute Gasteiger partial charge is 0.352 e. The Kier molecular flexibility index (Phi) is 5.72. The molecule has 2 nitrogen and oxygen atoms in total. The smallest absolute Gasteiger partial charge is 0.252 e. The van der Waals surface area contributed by atoms with Gasteiger partial charge in [0.05, 0.1) is 10.6 Å². The van der Waals surface area contributed by atoms with Crippen molar-refractivity contribution >= 4 is 49.4 Å². The van der Waals surface area contributed by atoms with Crippen LogP contribution >= 0.6 is 43.5 Å². The van der Waals surface area contributed by atoms with Crippen LogP contribution in [0.4, 0.5) is 0 Å². The number of alkyl halides is 1. The van der Waals surface area contributed by atoms with Crippen molar-refractivity contribution in [3.8, 4) is 0 Å². The second-order valence-corrected chi connectivity index (χ2v) is 7.39. The van der Waals surface area contributed by atoms with Crippen LogP contribution in [0.2, 0.25) is 5.02 Å². The maximum atomic E-state index is 12.1. The zero-order chi connectivity index (χ0) is 13.8. The fraction of sp³-hybridized carbons (Fsp3) is 0.500. The first-order chi connectivity index (χ1) is 9.08. The first kappa shape index (κ1) is 15.3. The highest BCUT2D eigenvalue weighted by Crippen LogP contribution is 2.29. The Morgan fingerprint density at radius 1 is 1.37 bits per heavy atom. The molecule has 2 atom stereocenters. The summed E-state index contributed by atoms with van der Waals surface area (Å²) in [6, 6.07) is 5.31. The lowest BCUT2D eigenvalue weighted by Gasteiger charge is -2.27. The van der Waals surface area contributed by atoms with Crippen LogP contribution in [-0.2, 0) is 0 Å². The fourth-order valence-corrected chi connectivity index (χ4v) is 3.72. The Balaban J connectivity index is 1.95. The van der Waals surface area contributed by atoms with Crippen molar-refractivity contribution < 1.29 is 4.79 Å². The minimum Gasteiger partial charge on any atom is -0.352 e. The van der Waals surface area contributed by atoms with Crippen LogP contribution in [0, 0.1) is 5.92 Å². The lowest BCUT2D eigenvalue weighted by Crippen LogP contribution is -2.34. The van der Waals surface area contributed by atoms with Crippen LogP contribution in [0.25, 0.3) is 0 Å². The number of benzene rings is 1. The monoisotopic (exact) mass is 407 g/mol. The lowest BCUT2D eigenvalue weighted by molar-refractivity contribution is 0.0944. The summed E-state index contributed by atoms with van der Waals surface area (Å²) in [5, 5.41) is 3.48. The van der Waals surface area contributed by atoms with E-state index in [-0.39, 0.29) is 5.91 Å². The first-order valence-corrected chi connectivity index (χ1v) is 8.54. The van der Waals surface area contributed by atoms with Crippen molar-refractivity contribution in [3.63, 3.8) is 0 Å². The van der Waals surface area contributed by atoms with Gasteiger partial charge in [-0.3, -0.25) is 4.79 Å². The zero-order valence-electron chi connectivity index (χ0n) is 10.5. The van der Waals surface area contributed by atoms with Gasteiger partial charge in [-0.25, -0.2) is 0 Å². The van der Waals surface area contributed by atoms with Gasteiger partial charge in [-0.05, 0) is 37.0 Å². The number of halogens is 3. The molecule has 104 valence electrons. The molecule has 1 aliphatic carbocycles. The summed E-state index contributed by atoms with van der Waals surface area (Å²) < 4.78 is 0.859. The van der Waals surface area contributed by atoms with Gasteiger partial charge in [0, 0.05) is 15.8 Å². The highest BCUT2D eigenvalue weighted by Gasteiger charge is 2.23. The Labute approximate surface area is 135 Å². The van der Waals surface area contributed by atoms with Crippen LogP contribution in [-0.4, -0.2) is 17.3 Å². The Morgan fingerprint density at radius 3 is 2.84 bits per heavy atom. The summed E-state index contributed by atoms with van der Waals surface area (Å²) in [6.07, 6.45) is 4.89. The standard InChI is InChI=1S/C14H16Br2ClNO/c15-10-5-6-13(17)11(7-10)14(19)18-8-9-3-1-2-4-12(9)16/h5-7,9,12H,1-4,8H2,(H,18,19). The van der Waals surface area contributed by atoms with E-state index in [1.165, 1.54) is 25.7 Å². The minimum atomic E-state index is -0.100. The molecule has 1 fully saturated rings. The molecule has 0 saturated heterocycles. The summed E-state index contributed by atoms with van der Waals surface area (Å²) >= 11 is 13.1. The zero-order valence-corrected chi connectivity index (χ0v) is 14.4.